The highest BCUT2D eigenvalue weighted by molar-refractivity contribution is 6.00. The van der Waals surface area contributed by atoms with Crippen LogP contribution in [0.5, 0.6) is 5.75 Å². The van der Waals surface area contributed by atoms with Crippen LogP contribution in [0, 0.1) is 0 Å². The van der Waals surface area contributed by atoms with Gasteiger partial charge in [-0.25, -0.2) is 0 Å². The fourth-order valence-corrected chi connectivity index (χ4v) is 3.66. The molecule has 0 aliphatic carbocycles. The fraction of sp³-hybridized carbons (Fsp3) is 0.389. The zero-order valence-electron chi connectivity index (χ0n) is 13.6. The van der Waals surface area contributed by atoms with E-state index in [2.05, 4.69) is 13.0 Å². The molecule has 2 aliphatic rings. The molecule has 1 atom stereocenters. The van der Waals surface area contributed by atoms with Crippen molar-refractivity contribution < 1.29 is 9.84 Å². The van der Waals surface area contributed by atoms with E-state index in [9.17, 15) is 9.90 Å². The van der Waals surface area contributed by atoms with Crippen LogP contribution >= 0.6 is 0 Å². The van der Waals surface area contributed by atoms with E-state index in [0.717, 1.165) is 46.1 Å². The summed E-state index contributed by atoms with van der Waals surface area (Å²) in [4.78, 5) is 14.2. The quantitative estimate of drug-likeness (QED) is 0.925. The third-order valence-corrected chi connectivity index (χ3v) is 4.84. The Labute approximate surface area is 134 Å². The summed E-state index contributed by atoms with van der Waals surface area (Å²) in [6.45, 7) is 4.42. The van der Waals surface area contributed by atoms with Gasteiger partial charge >= 0.3 is 0 Å². The summed E-state index contributed by atoms with van der Waals surface area (Å²) in [7, 11) is 1.78. The molecule has 1 aromatic carbocycles. The Hall–Kier alpha value is -2.27. The second-order valence-corrected chi connectivity index (χ2v) is 6.32. The molecule has 0 saturated heterocycles. The predicted octanol–water partition coefficient (Wildman–Crippen LogP) is 2.38. The Balaban J connectivity index is 2.16. The van der Waals surface area contributed by atoms with Crippen molar-refractivity contribution in [2.45, 2.75) is 32.9 Å². The predicted molar refractivity (Wildman–Crippen MR) is 90.8 cm³/mol. The van der Waals surface area contributed by atoms with Gasteiger partial charge in [0.15, 0.2) is 12.5 Å². The Bertz CT molecular complexity index is 911. The van der Waals surface area contributed by atoms with E-state index in [0.29, 0.717) is 12.5 Å². The normalized spacial score (nSPS) is 18.9. The number of hydrogen-bond acceptors (Lipinski definition) is 4. The summed E-state index contributed by atoms with van der Waals surface area (Å²) in [5, 5.41) is 11.3. The van der Waals surface area contributed by atoms with E-state index in [-0.39, 0.29) is 5.56 Å². The Kier molecular flexibility index (Phi) is 3.03. The molecule has 2 aromatic rings. The molecule has 0 bridgehead atoms. The molecule has 2 aliphatic heterocycles. The van der Waals surface area contributed by atoms with Gasteiger partial charge in [0.2, 0.25) is 0 Å². The van der Waals surface area contributed by atoms with Gasteiger partial charge in [-0.15, -0.1) is 0 Å². The highest BCUT2D eigenvalue weighted by Crippen LogP contribution is 2.48. The Morgan fingerprint density at radius 2 is 2.17 bits per heavy atom. The van der Waals surface area contributed by atoms with Crippen LogP contribution in [0.3, 0.4) is 0 Å². The summed E-state index contributed by atoms with van der Waals surface area (Å²) < 4.78 is 7.54. The molecule has 1 unspecified atom stereocenters. The van der Waals surface area contributed by atoms with Crippen LogP contribution in [0.2, 0.25) is 0 Å². The molecular formula is C18H20N2O3. The van der Waals surface area contributed by atoms with Crippen molar-refractivity contribution >= 4 is 22.2 Å². The van der Waals surface area contributed by atoms with Gasteiger partial charge in [0.1, 0.15) is 6.23 Å². The second-order valence-electron chi connectivity index (χ2n) is 6.32. The van der Waals surface area contributed by atoms with Crippen LogP contribution in [0.25, 0.3) is 16.5 Å². The van der Waals surface area contributed by atoms with E-state index in [1.165, 1.54) is 0 Å². The average molecular weight is 312 g/mol. The molecule has 0 spiro atoms. The van der Waals surface area contributed by atoms with E-state index >= 15 is 0 Å². The average Bonchev–Trinajstić information content (AvgIpc) is 2.95. The third kappa shape index (κ3) is 1.86. The summed E-state index contributed by atoms with van der Waals surface area (Å²) in [6, 6.07) is 3.87. The van der Waals surface area contributed by atoms with Crippen molar-refractivity contribution in [2.24, 2.45) is 7.05 Å². The molecule has 3 heterocycles. The monoisotopic (exact) mass is 312 g/mol. The summed E-state index contributed by atoms with van der Waals surface area (Å²) >= 11 is 0. The van der Waals surface area contributed by atoms with Crippen LogP contribution < -0.4 is 15.2 Å². The lowest BCUT2D eigenvalue weighted by atomic mass is 9.94. The highest BCUT2D eigenvalue weighted by Gasteiger charge is 2.34. The lowest BCUT2D eigenvalue weighted by Gasteiger charge is -2.28. The molecule has 1 N–H and O–H groups in total. The molecule has 0 saturated carbocycles. The first kappa shape index (κ1) is 14.3. The number of aryl methyl sites for hydroxylation is 2. The summed E-state index contributed by atoms with van der Waals surface area (Å²) in [5.41, 5.74) is 4.87. The smallest absolute Gasteiger partial charge is 0.251 e. The summed E-state index contributed by atoms with van der Waals surface area (Å²) in [5.74, 6) is 0.710. The number of aliphatic hydroxyl groups excluding tert-OH is 1. The van der Waals surface area contributed by atoms with Crippen molar-refractivity contribution in [3.05, 3.63) is 39.7 Å². The molecule has 0 fully saturated rings. The second kappa shape index (κ2) is 4.86. The first-order valence-electron chi connectivity index (χ1n) is 7.98. The number of aromatic nitrogens is 1. The van der Waals surface area contributed by atoms with Gasteiger partial charge in [-0.3, -0.25) is 4.79 Å². The number of fused-ring (bicyclic) bond motifs is 2. The number of allylic oxidation sites excluding steroid dienone is 1. The van der Waals surface area contributed by atoms with Crippen LogP contribution in [0.1, 0.15) is 31.4 Å². The number of nitrogens with zero attached hydrogens (tertiary/aromatic N) is 2. The molecule has 0 amide bonds. The number of pyridine rings is 1. The lowest BCUT2D eigenvalue weighted by Crippen LogP contribution is -2.35. The highest BCUT2D eigenvalue weighted by atomic mass is 16.5. The number of aliphatic hydroxyl groups is 1. The first-order valence-corrected chi connectivity index (χ1v) is 7.98. The van der Waals surface area contributed by atoms with Crippen LogP contribution in [-0.2, 0) is 13.5 Å². The Morgan fingerprint density at radius 3 is 2.91 bits per heavy atom. The molecule has 120 valence electrons. The standard InChI is InChI=1S/C18H20N2O3/c1-4-5-11-7-14(21)19(3)16-13(11)8-12-10(2)6-15(22)20-9-23-18(16)17(12)20/h6-8,15,22H,4-5,9H2,1-3H3. The van der Waals surface area contributed by atoms with E-state index in [1.807, 2.05) is 17.9 Å². The molecular weight excluding hydrogens is 292 g/mol. The minimum atomic E-state index is -0.683. The van der Waals surface area contributed by atoms with Crippen LogP contribution in [0.4, 0.5) is 5.69 Å². The Morgan fingerprint density at radius 1 is 1.39 bits per heavy atom. The van der Waals surface area contributed by atoms with Crippen LogP contribution in [-0.4, -0.2) is 22.6 Å². The van der Waals surface area contributed by atoms with Gasteiger partial charge in [0.25, 0.3) is 5.56 Å². The summed E-state index contributed by atoms with van der Waals surface area (Å²) in [6.07, 6.45) is 3.00. The maximum atomic E-state index is 12.3. The largest absolute Gasteiger partial charge is 0.469 e. The lowest BCUT2D eigenvalue weighted by molar-refractivity contribution is 0.195. The van der Waals surface area contributed by atoms with Gasteiger partial charge in [-0.05, 0) is 36.6 Å². The molecule has 23 heavy (non-hydrogen) atoms. The number of anilines is 1. The van der Waals surface area contributed by atoms with E-state index in [1.54, 1.807) is 17.7 Å². The molecule has 1 aromatic heterocycles. The number of hydrogen-bond donors (Lipinski definition) is 1. The fourth-order valence-electron chi connectivity index (χ4n) is 3.66. The molecule has 0 radical (unpaired) electrons. The van der Waals surface area contributed by atoms with E-state index in [4.69, 9.17) is 4.74 Å². The van der Waals surface area contributed by atoms with Crippen molar-refractivity contribution in [1.29, 1.82) is 0 Å². The van der Waals surface area contributed by atoms with Gasteiger partial charge in [-0.1, -0.05) is 13.3 Å². The molecule has 5 nitrogen and oxygen atoms in total. The maximum Gasteiger partial charge on any atom is 0.251 e. The zero-order chi connectivity index (χ0) is 16.3. The van der Waals surface area contributed by atoms with Crippen molar-refractivity contribution in [2.75, 3.05) is 11.6 Å². The van der Waals surface area contributed by atoms with Crippen molar-refractivity contribution in [3.63, 3.8) is 0 Å². The molecule has 4 rings (SSSR count). The van der Waals surface area contributed by atoms with Gasteiger partial charge < -0.3 is 19.3 Å². The van der Waals surface area contributed by atoms with Gasteiger partial charge in [0.05, 0.1) is 11.2 Å². The van der Waals surface area contributed by atoms with Crippen molar-refractivity contribution in [1.82, 2.24) is 4.57 Å². The minimum Gasteiger partial charge on any atom is -0.469 e. The molecule has 5 heteroatoms. The van der Waals surface area contributed by atoms with Crippen molar-refractivity contribution in [3.8, 4) is 5.75 Å². The van der Waals surface area contributed by atoms with E-state index < -0.39 is 6.23 Å². The van der Waals surface area contributed by atoms with Gasteiger partial charge in [-0.2, -0.15) is 0 Å². The topological polar surface area (TPSA) is 54.7 Å². The SMILES string of the molecule is CCCc1cc(=O)n(C)c2c3c4c(cc12)C(C)=CC(O)N4CO3. The zero-order valence-corrected chi connectivity index (χ0v) is 13.6. The number of rotatable bonds is 2. The van der Waals surface area contributed by atoms with Gasteiger partial charge in [0, 0.05) is 24.1 Å². The number of benzene rings is 1. The minimum absolute atomic E-state index is 0.0252. The first-order chi connectivity index (χ1) is 11.0. The number of ether oxygens (including phenoxy) is 1. The third-order valence-electron chi connectivity index (χ3n) is 4.84. The van der Waals surface area contributed by atoms with Crippen LogP contribution in [0.15, 0.2) is 23.0 Å². The maximum absolute atomic E-state index is 12.3.